The molecule has 0 unspecified atom stereocenters. The van der Waals surface area contributed by atoms with Crippen LogP contribution < -0.4 is 0 Å². The van der Waals surface area contributed by atoms with Crippen LogP contribution in [0.25, 0.3) is 16.9 Å². The molecule has 1 aliphatic rings. The summed E-state index contributed by atoms with van der Waals surface area (Å²) in [6, 6.07) is 5.62. The van der Waals surface area contributed by atoms with Crippen LogP contribution in [0.4, 0.5) is 0 Å². The van der Waals surface area contributed by atoms with E-state index >= 15 is 0 Å². The minimum atomic E-state index is 0.596. The molecule has 5 nitrogen and oxygen atoms in total. The molecule has 1 aliphatic carbocycles. The van der Waals surface area contributed by atoms with Crippen LogP contribution in [0, 0.1) is 11.3 Å². The molecule has 1 fully saturated rings. The molecule has 0 N–H and O–H groups in total. The molecular weight excluding hydrogens is 250 g/mol. The second-order valence-electron chi connectivity index (χ2n) is 5.00. The zero-order valence-electron chi connectivity index (χ0n) is 10.7. The number of hydrogen-bond donors (Lipinski definition) is 0. The van der Waals surface area contributed by atoms with Crippen LogP contribution in [0.5, 0.6) is 0 Å². The van der Waals surface area contributed by atoms with Gasteiger partial charge in [-0.15, -0.1) is 0 Å². The molecule has 0 bridgehead atoms. The van der Waals surface area contributed by atoms with E-state index in [1.54, 1.807) is 24.7 Å². The first-order chi connectivity index (χ1) is 9.86. The van der Waals surface area contributed by atoms with Gasteiger partial charge in [0, 0.05) is 24.0 Å². The number of nitrogens with zero attached hydrogens (tertiary/aromatic N) is 5. The van der Waals surface area contributed by atoms with Crippen molar-refractivity contribution in [3.63, 3.8) is 0 Å². The van der Waals surface area contributed by atoms with E-state index in [0.29, 0.717) is 11.5 Å². The average Bonchev–Trinajstić information content (AvgIpc) is 3.28. The third kappa shape index (κ3) is 1.66. The summed E-state index contributed by atoms with van der Waals surface area (Å²) in [5.74, 6) is 1.34. The van der Waals surface area contributed by atoms with E-state index < -0.39 is 0 Å². The number of fused-ring (bicyclic) bond motifs is 1. The van der Waals surface area contributed by atoms with Crippen molar-refractivity contribution in [2.45, 2.75) is 18.8 Å². The van der Waals surface area contributed by atoms with Gasteiger partial charge in [-0.3, -0.25) is 4.57 Å². The van der Waals surface area contributed by atoms with Gasteiger partial charge in [0.1, 0.15) is 17.8 Å². The van der Waals surface area contributed by atoms with Crippen LogP contribution in [0.2, 0.25) is 0 Å². The molecule has 3 aromatic rings. The van der Waals surface area contributed by atoms with E-state index in [4.69, 9.17) is 5.26 Å². The van der Waals surface area contributed by atoms with Crippen molar-refractivity contribution >= 4 is 11.0 Å². The van der Waals surface area contributed by atoms with Crippen LogP contribution in [0.3, 0.4) is 0 Å². The number of rotatable bonds is 2. The van der Waals surface area contributed by atoms with Crippen LogP contribution in [-0.2, 0) is 0 Å². The van der Waals surface area contributed by atoms with Crippen molar-refractivity contribution in [2.24, 2.45) is 0 Å². The highest BCUT2D eigenvalue weighted by Crippen LogP contribution is 2.43. The minimum absolute atomic E-state index is 0.596. The van der Waals surface area contributed by atoms with Gasteiger partial charge in [-0.1, -0.05) is 0 Å². The Balaban J connectivity index is 1.97. The molecule has 0 amide bonds. The topological polar surface area (TPSA) is 67.4 Å². The van der Waals surface area contributed by atoms with E-state index in [1.807, 2.05) is 10.8 Å². The van der Waals surface area contributed by atoms with Gasteiger partial charge in [-0.25, -0.2) is 15.0 Å². The van der Waals surface area contributed by atoms with Gasteiger partial charge >= 0.3 is 0 Å². The lowest BCUT2D eigenvalue weighted by atomic mass is 10.2. The molecule has 20 heavy (non-hydrogen) atoms. The van der Waals surface area contributed by atoms with E-state index in [9.17, 15) is 0 Å². The Morgan fingerprint density at radius 2 is 2.20 bits per heavy atom. The summed E-state index contributed by atoms with van der Waals surface area (Å²) in [5, 5.41) is 10.1. The van der Waals surface area contributed by atoms with Crippen molar-refractivity contribution in [2.75, 3.05) is 0 Å². The lowest BCUT2D eigenvalue weighted by molar-refractivity contribution is 1.000. The van der Waals surface area contributed by atoms with Gasteiger partial charge in [-0.05, 0) is 36.5 Å². The van der Waals surface area contributed by atoms with Crippen LogP contribution in [0.1, 0.15) is 29.9 Å². The highest BCUT2D eigenvalue weighted by molar-refractivity contribution is 5.82. The number of pyridine rings is 1. The Kier molecular flexibility index (Phi) is 2.30. The Labute approximate surface area is 115 Å². The van der Waals surface area contributed by atoms with E-state index in [2.05, 4.69) is 27.2 Å². The lowest BCUT2D eigenvalue weighted by Crippen LogP contribution is -1.97. The van der Waals surface area contributed by atoms with Crippen molar-refractivity contribution in [3.05, 3.63) is 48.2 Å². The third-order valence-corrected chi connectivity index (χ3v) is 3.64. The Bertz CT molecular complexity index is 839. The molecular formula is C15H11N5. The summed E-state index contributed by atoms with van der Waals surface area (Å²) in [7, 11) is 0. The molecule has 1 saturated carbocycles. The number of hydrogen-bond acceptors (Lipinski definition) is 4. The fraction of sp³-hybridized carbons (Fsp3) is 0.200. The molecule has 0 atom stereocenters. The first-order valence-corrected chi connectivity index (χ1v) is 6.54. The van der Waals surface area contributed by atoms with Crippen LogP contribution in [-0.4, -0.2) is 19.5 Å². The predicted octanol–water partition coefficient (Wildman–Crippen LogP) is 2.56. The molecule has 0 radical (unpaired) electrons. The third-order valence-electron chi connectivity index (χ3n) is 3.64. The molecule has 0 saturated heterocycles. The SMILES string of the molecule is N#Cc1ccnc(-n2cc(C3CC3)c3cncnc32)c1. The number of aromatic nitrogens is 4. The van der Waals surface area contributed by atoms with Crippen molar-refractivity contribution in [1.82, 2.24) is 19.5 Å². The van der Waals surface area contributed by atoms with Crippen LogP contribution in [0.15, 0.2) is 37.1 Å². The van der Waals surface area contributed by atoms with Crippen molar-refractivity contribution in [3.8, 4) is 11.9 Å². The second kappa shape index (κ2) is 4.14. The smallest absolute Gasteiger partial charge is 0.149 e. The predicted molar refractivity (Wildman–Crippen MR) is 73.4 cm³/mol. The molecule has 3 aromatic heterocycles. The molecule has 5 heteroatoms. The quantitative estimate of drug-likeness (QED) is 0.711. The zero-order chi connectivity index (χ0) is 13.5. The molecule has 3 heterocycles. The first-order valence-electron chi connectivity index (χ1n) is 6.54. The lowest BCUT2D eigenvalue weighted by Gasteiger charge is -2.02. The summed E-state index contributed by atoms with van der Waals surface area (Å²) in [4.78, 5) is 12.9. The normalized spacial score (nSPS) is 14.3. The fourth-order valence-electron chi connectivity index (χ4n) is 2.50. The molecule has 96 valence electrons. The standard InChI is InChI=1S/C15H11N5/c16-6-10-3-4-18-14(5-10)20-8-13(11-1-2-11)12-7-17-9-19-15(12)20/h3-5,7-9,11H,1-2H2. The summed E-state index contributed by atoms with van der Waals surface area (Å²) >= 11 is 0. The van der Waals surface area contributed by atoms with E-state index in [1.165, 1.54) is 18.4 Å². The summed E-state index contributed by atoms with van der Waals surface area (Å²) in [6.07, 6.45) is 9.59. The summed E-state index contributed by atoms with van der Waals surface area (Å²) < 4.78 is 1.95. The van der Waals surface area contributed by atoms with Gasteiger partial charge in [0.25, 0.3) is 0 Å². The van der Waals surface area contributed by atoms with E-state index in [-0.39, 0.29) is 0 Å². The first kappa shape index (κ1) is 11.1. The maximum Gasteiger partial charge on any atom is 0.149 e. The molecule has 0 aliphatic heterocycles. The van der Waals surface area contributed by atoms with Crippen molar-refractivity contribution < 1.29 is 0 Å². The maximum absolute atomic E-state index is 9.01. The highest BCUT2D eigenvalue weighted by atomic mass is 15.1. The summed E-state index contributed by atoms with van der Waals surface area (Å²) in [5.41, 5.74) is 2.73. The summed E-state index contributed by atoms with van der Waals surface area (Å²) in [6.45, 7) is 0. The molecule has 0 aromatic carbocycles. The van der Waals surface area contributed by atoms with Gasteiger partial charge < -0.3 is 0 Å². The van der Waals surface area contributed by atoms with Gasteiger partial charge in [0.05, 0.1) is 11.6 Å². The highest BCUT2D eigenvalue weighted by Gasteiger charge is 2.28. The second-order valence-corrected chi connectivity index (χ2v) is 5.00. The monoisotopic (exact) mass is 261 g/mol. The number of nitriles is 1. The minimum Gasteiger partial charge on any atom is -0.285 e. The molecule has 0 spiro atoms. The van der Waals surface area contributed by atoms with Gasteiger partial charge in [-0.2, -0.15) is 5.26 Å². The van der Waals surface area contributed by atoms with Crippen molar-refractivity contribution in [1.29, 1.82) is 5.26 Å². The Morgan fingerprint density at radius 3 is 3.00 bits per heavy atom. The molecule has 4 rings (SSSR count). The van der Waals surface area contributed by atoms with E-state index in [0.717, 1.165) is 16.9 Å². The average molecular weight is 261 g/mol. The van der Waals surface area contributed by atoms with Gasteiger partial charge in [0.2, 0.25) is 0 Å². The van der Waals surface area contributed by atoms with Crippen LogP contribution >= 0.6 is 0 Å². The maximum atomic E-state index is 9.01. The largest absolute Gasteiger partial charge is 0.285 e. The Hall–Kier alpha value is -2.74. The van der Waals surface area contributed by atoms with Gasteiger partial charge in [0.15, 0.2) is 0 Å². The fourth-order valence-corrected chi connectivity index (χ4v) is 2.50. The Morgan fingerprint density at radius 1 is 1.30 bits per heavy atom. The zero-order valence-corrected chi connectivity index (χ0v) is 10.7.